The molecule has 0 spiro atoms. The maximum Gasteiger partial charge on any atom is 0.305 e. The van der Waals surface area contributed by atoms with Crippen molar-refractivity contribution in [2.75, 3.05) is 20.2 Å². The summed E-state index contributed by atoms with van der Waals surface area (Å²) in [5.74, 6) is -0.360. The molecule has 120 valence electrons. The van der Waals surface area contributed by atoms with E-state index < -0.39 is 5.41 Å². The van der Waals surface area contributed by atoms with Gasteiger partial charge in [-0.25, -0.2) is 0 Å². The highest BCUT2D eigenvalue weighted by Crippen LogP contribution is 2.22. The second-order valence-corrected chi connectivity index (χ2v) is 6.73. The molecule has 21 heavy (non-hydrogen) atoms. The zero-order valence-corrected chi connectivity index (χ0v) is 13.6. The van der Waals surface area contributed by atoms with Gasteiger partial charge in [-0.3, -0.25) is 14.4 Å². The van der Waals surface area contributed by atoms with Gasteiger partial charge in [0, 0.05) is 31.5 Å². The SMILES string of the molecule is COC(=O)CC1CC(NC(=O)C(C)(C)C)CN(C(C)=O)C1. The number of rotatable bonds is 3. The van der Waals surface area contributed by atoms with Crippen LogP contribution in [0, 0.1) is 11.3 Å². The van der Waals surface area contributed by atoms with E-state index in [0.717, 1.165) is 0 Å². The van der Waals surface area contributed by atoms with Gasteiger partial charge in [0.25, 0.3) is 0 Å². The molecule has 6 nitrogen and oxygen atoms in total. The third kappa shape index (κ3) is 5.36. The Balaban J connectivity index is 2.72. The van der Waals surface area contributed by atoms with Crippen LogP contribution < -0.4 is 5.32 Å². The number of methoxy groups -OCH3 is 1. The maximum atomic E-state index is 12.1. The molecular formula is C15H26N2O4. The van der Waals surface area contributed by atoms with Gasteiger partial charge in [-0.05, 0) is 12.3 Å². The summed E-state index contributed by atoms with van der Waals surface area (Å²) < 4.78 is 4.69. The number of carbonyl (C=O) groups excluding carboxylic acids is 3. The lowest BCUT2D eigenvalue weighted by molar-refractivity contribution is -0.143. The summed E-state index contributed by atoms with van der Waals surface area (Å²) in [5.41, 5.74) is -0.476. The third-order valence-electron chi connectivity index (χ3n) is 3.68. The summed E-state index contributed by atoms with van der Waals surface area (Å²) in [6.45, 7) is 8.07. The lowest BCUT2D eigenvalue weighted by Gasteiger charge is -2.38. The molecule has 0 aromatic heterocycles. The smallest absolute Gasteiger partial charge is 0.305 e. The van der Waals surface area contributed by atoms with Gasteiger partial charge in [0.15, 0.2) is 0 Å². The molecule has 1 saturated heterocycles. The predicted molar refractivity (Wildman–Crippen MR) is 78.4 cm³/mol. The van der Waals surface area contributed by atoms with Crippen LogP contribution in [-0.4, -0.2) is 48.9 Å². The highest BCUT2D eigenvalue weighted by Gasteiger charge is 2.32. The van der Waals surface area contributed by atoms with Gasteiger partial charge in [0.2, 0.25) is 11.8 Å². The van der Waals surface area contributed by atoms with Crippen LogP contribution in [-0.2, 0) is 19.1 Å². The number of nitrogens with zero attached hydrogens (tertiary/aromatic N) is 1. The third-order valence-corrected chi connectivity index (χ3v) is 3.68. The Bertz CT molecular complexity index is 414. The van der Waals surface area contributed by atoms with Crippen LogP contribution in [0.25, 0.3) is 0 Å². The van der Waals surface area contributed by atoms with Crippen molar-refractivity contribution >= 4 is 17.8 Å². The highest BCUT2D eigenvalue weighted by atomic mass is 16.5. The lowest BCUT2D eigenvalue weighted by Crippen LogP contribution is -2.54. The zero-order valence-electron chi connectivity index (χ0n) is 13.6. The Morgan fingerprint density at radius 1 is 1.24 bits per heavy atom. The number of amides is 2. The van der Waals surface area contributed by atoms with E-state index in [9.17, 15) is 14.4 Å². The van der Waals surface area contributed by atoms with Crippen LogP contribution in [0.2, 0.25) is 0 Å². The molecule has 2 amide bonds. The summed E-state index contributed by atoms with van der Waals surface area (Å²) in [7, 11) is 1.35. The van der Waals surface area contributed by atoms with E-state index >= 15 is 0 Å². The molecule has 1 N–H and O–H groups in total. The molecule has 1 aliphatic heterocycles. The first-order valence-electron chi connectivity index (χ1n) is 7.26. The average Bonchev–Trinajstić information content (AvgIpc) is 2.37. The summed E-state index contributed by atoms with van der Waals surface area (Å²) in [6.07, 6.45) is 0.947. The number of ether oxygens (including phenoxy) is 1. The van der Waals surface area contributed by atoms with Crippen molar-refractivity contribution < 1.29 is 19.1 Å². The van der Waals surface area contributed by atoms with Crippen LogP contribution in [0.4, 0.5) is 0 Å². The van der Waals surface area contributed by atoms with Gasteiger partial charge in [-0.2, -0.15) is 0 Å². The Kier molecular flexibility index (Phi) is 5.75. The van der Waals surface area contributed by atoms with E-state index in [1.807, 2.05) is 20.8 Å². The summed E-state index contributed by atoms with van der Waals surface area (Å²) in [5, 5.41) is 2.98. The first-order chi connectivity index (χ1) is 9.63. The fourth-order valence-corrected chi connectivity index (χ4v) is 2.43. The molecule has 6 heteroatoms. The molecule has 0 saturated carbocycles. The number of carbonyl (C=O) groups is 3. The van der Waals surface area contributed by atoms with E-state index in [1.165, 1.54) is 14.0 Å². The fourth-order valence-electron chi connectivity index (χ4n) is 2.43. The Hall–Kier alpha value is -1.59. The standard InChI is InChI=1S/C15H26N2O4/c1-10(18)17-8-11(7-13(19)21-5)6-12(9-17)16-14(20)15(2,3)4/h11-12H,6-9H2,1-5H3,(H,16,20). The van der Waals surface area contributed by atoms with Gasteiger partial charge >= 0.3 is 5.97 Å². The minimum absolute atomic E-state index is 0.0142. The number of hydrogen-bond acceptors (Lipinski definition) is 4. The van der Waals surface area contributed by atoms with Crippen LogP contribution >= 0.6 is 0 Å². The molecule has 0 bridgehead atoms. The minimum atomic E-state index is -0.476. The lowest BCUT2D eigenvalue weighted by atomic mass is 9.89. The van der Waals surface area contributed by atoms with Crippen LogP contribution in [0.5, 0.6) is 0 Å². The van der Waals surface area contributed by atoms with Gasteiger partial charge in [-0.15, -0.1) is 0 Å². The Labute approximate surface area is 126 Å². The van der Waals surface area contributed by atoms with Crippen molar-refractivity contribution in [3.8, 4) is 0 Å². The Morgan fingerprint density at radius 3 is 2.33 bits per heavy atom. The van der Waals surface area contributed by atoms with Crippen LogP contribution in [0.1, 0.15) is 40.5 Å². The molecule has 2 atom stereocenters. The van der Waals surface area contributed by atoms with Crippen molar-refractivity contribution in [1.82, 2.24) is 10.2 Å². The van der Waals surface area contributed by atoms with Crippen molar-refractivity contribution in [1.29, 1.82) is 0 Å². The second kappa shape index (κ2) is 6.91. The molecule has 1 rings (SSSR count). The van der Waals surface area contributed by atoms with E-state index in [4.69, 9.17) is 0 Å². The van der Waals surface area contributed by atoms with Crippen LogP contribution in [0.15, 0.2) is 0 Å². The monoisotopic (exact) mass is 298 g/mol. The number of nitrogens with one attached hydrogen (secondary N) is 1. The molecule has 0 aromatic rings. The van der Waals surface area contributed by atoms with Gasteiger partial charge in [0.05, 0.1) is 13.5 Å². The molecule has 1 fully saturated rings. The van der Waals surface area contributed by atoms with E-state index in [-0.39, 0.29) is 36.2 Å². The van der Waals surface area contributed by atoms with E-state index in [1.54, 1.807) is 4.90 Å². The quantitative estimate of drug-likeness (QED) is 0.787. The van der Waals surface area contributed by atoms with Gasteiger partial charge < -0.3 is 15.0 Å². The maximum absolute atomic E-state index is 12.1. The van der Waals surface area contributed by atoms with Crippen molar-refractivity contribution in [3.63, 3.8) is 0 Å². The van der Waals surface area contributed by atoms with Crippen LogP contribution in [0.3, 0.4) is 0 Å². The predicted octanol–water partition coefficient (Wildman–Crippen LogP) is 0.949. The average molecular weight is 298 g/mol. The largest absolute Gasteiger partial charge is 0.469 e. The molecule has 1 heterocycles. The number of hydrogen-bond donors (Lipinski definition) is 1. The van der Waals surface area contributed by atoms with Crippen molar-refractivity contribution in [3.05, 3.63) is 0 Å². The molecule has 0 aromatic carbocycles. The molecule has 2 unspecified atom stereocenters. The van der Waals surface area contributed by atoms with Gasteiger partial charge in [-0.1, -0.05) is 20.8 Å². The van der Waals surface area contributed by atoms with Crippen molar-refractivity contribution in [2.24, 2.45) is 11.3 Å². The number of piperidine rings is 1. The first kappa shape index (κ1) is 17.5. The van der Waals surface area contributed by atoms with E-state index in [0.29, 0.717) is 19.5 Å². The summed E-state index contributed by atoms with van der Waals surface area (Å²) >= 11 is 0. The molecular weight excluding hydrogens is 272 g/mol. The van der Waals surface area contributed by atoms with Crippen molar-refractivity contribution in [2.45, 2.75) is 46.6 Å². The molecule has 0 radical (unpaired) electrons. The number of likely N-dealkylation sites (tertiary alicyclic amines) is 1. The molecule has 0 aliphatic carbocycles. The zero-order chi connectivity index (χ0) is 16.2. The normalized spacial score (nSPS) is 22.6. The number of esters is 1. The fraction of sp³-hybridized carbons (Fsp3) is 0.800. The Morgan fingerprint density at radius 2 is 1.86 bits per heavy atom. The summed E-state index contributed by atoms with van der Waals surface area (Å²) in [6, 6.07) is -0.121. The minimum Gasteiger partial charge on any atom is -0.469 e. The van der Waals surface area contributed by atoms with Gasteiger partial charge in [0.1, 0.15) is 0 Å². The van der Waals surface area contributed by atoms with E-state index in [2.05, 4.69) is 10.1 Å². The topological polar surface area (TPSA) is 75.7 Å². The molecule has 1 aliphatic rings. The summed E-state index contributed by atoms with van der Waals surface area (Å²) in [4.78, 5) is 36.8. The highest BCUT2D eigenvalue weighted by molar-refractivity contribution is 5.81. The first-order valence-corrected chi connectivity index (χ1v) is 7.26. The second-order valence-electron chi connectivity index (χ2n) is 6.73.